The quantitative estimate of drug-likeness (QED) is 0.466. The fourth-order valence-corrected chi connectivity index (χ4v) is 0.597. The van der Waals surface area contributed by atoms with Crippen molar-refractivity contribution in [3.05, 3.63) is 23.9 Å². The third kappa shape index (κ3) is 1.17. The molecule has 1 heterocycles. The minimum Gasteiger partial charge on any atom is -0.369 e. The van der Waals surface area contributed by atoms with Gasteiger partial charge in [-0.3, -0.25) is 4.79 Å². The lowest BCUT2D eigenvalue weighted by Crippen LogP contribution is -2.28. The summed E-state index contributed by atoms with van der Waals surface area (Å²) < 4.78 is 0. The molecule has 1 rings (SSSR count). The zero-order valence-electron chi connectivity index (χ0n) is 4.74. The molecule has 1 aliphatic heterocycles. The average Bonchev–Trinajstić information content (AvgIpc) is 1.89. The van der Waals surface area contributed by atoms with Gasteiger partial charge in [0.05, 0.1) is 0 Å². The molecule has 0 fully saturated rings. The van der Waals surface area contributed by atoms with Crippen LogP contribution in [0.1, 0.15) is 0 Å². The van der Waals surface area contributed by atoms with Crippen LogP contribution in [0.2, 0.25) is 0 Å². The first-order valence-electron chi connectivity index (χ1n) is 2.60. The molecule has 0 saturated heterocycles. The summed E-state index contributed by atoms with van der Waals surface area (Å²) in [4.78, 5) is 10.1. The van der Waals surface area contributed by atoms with Gasteiger partial charge in [-0.15, -0.1) is 0 Å². The molecule has 0 aliphatic carbocycles. The molecule has 0 bridgehead atoms. The highest BCUT2D eigenvalue weighted by atomic mass is 16.3. The number of carbonyl (C=O) groups excluding carboxylic acids is 1. The summed E-state index contributed by atoms with van der Waals surface area (Å²) in [5.74, 6) is 0. The second-order valence-corrected chi connectivity index (χ2v) is 1.71. The standard InChI is InChI=1S/C6H7NO2/c8-4-5-2-1-3-7-6(5)9/h1-4,6-7,9H. The van der Waals surface area contributed by atoms with Crippen LogP contribution in [0.4, 0.5) is 0 Å². The molecule has 0 saturated carbocycles. The van der Waals surface area contributed by atoms with Crippen LogP contribution in [0.15, 0.2) is 23.9 Å². The van der Waals surface area contributed by atoms with Crippen molar-refractivity contribution in [1.29, 1.82) is 0 Å². The summed E-state index contributed by atoms with van der Waals surface area (Å²) in [6.45, 7) is 0. The summed E-state index contributed by atoms with van der Waals surface area (Å²) in [7, 11) is 0. The number of aldehydes is 1. The molecule has 0 spiro atoms. The zero-order valence-corrected chi connectivity index (χ0v) is 4.74. The van der Waals surface area contributed by atoms with E-state index in [4.69, 9.17) is 5.11 Å². The lowest BCUT2D eigenvalue weighted by atomic mass is 10.2. The van der Waals surface area contributed by atoms with E-state index in [1.54, 1.807) is 18.4 Å². The van der Waals surface area contributed by atoms with E-state index < -0.39 is 6.23 Å². The summed E-state index contributed by atoms with van der Waals surface area (Å²) in [5, 5.41) is 11.5. The molecule has 48 valence electrons. The number of hydrogen-bond donors (Lipinski definition) is 2. The van der Waals surface area contributed by atoms with Crippen LogP contribution in [0.25, 0.3) is 0 Å². The van der Waals surface area contributed by atoms with Crippen molar-refractivity contribution in [1.82, 2.24) is 5.32 Å². The van der Waals surface area contributed by atoms with Gasteiger partial charge in [0.1, 0.15) is 0 Å². The largest absolute Gasteiger partial charge is 0.369 e. The number of aliphatic hydroxyl groups excluding tert-OH is 1. The van der Waals surface area contributed by atoms with Crippen molar-refractivity contribution in [2.45, 2.75) is 6.23 Å². The number of dihydropyridines is 1. The summed E-state index contributed by atoms with van der Waals surface area (Å²) >= 11 is 0. The van der Waals surface area contributed by atoms with Crippen LogP contribution >= 0.6 is 0 Å². The molecule has 3 nitrogen and oxygen atoms in total. The Bertz CT molecular complexity index is 172. The minimum absolute atomic E-state index is 0.359. The maximum atomic E-state index is 10.1. The lowest BCUT2D eigenvalue weighted by molar-refractivity contribution is -0.105. The Morgan fingerprint density at radius 2 is 2.56 bits per heavy atom. The van der Waals surface area contributed by atoms with Crippen molar-refractivity contribution < 1.29 is 9.90 Å². The Labute approximate surface area is 52.7 Å². The summed E-state index contributed by atoms with van der Waals surface area (Å²) in [5.41, 5.74) is 0.359. The van der Waals surface area contributed by atoms with Crippen LogP contribution in [-0.2, 0) is 4.79 Å². The van der Waals surface area contributed by atoms with E-state index in [1.165, 1.54) is 0 Å². The highest BCUT2D eigenvalue weighted by Gasteiger charge is 2.07. The van der Waals surface area contributed by atoms with E-state index in [0.29, 0.717) is 11.9 Å². The zero-order chi connectivity index (χ0) is 6.69. The van der Waals surface area contributed by atoms with Gasteiger partial charge in [0.2, 0.25) is 0 Å². The van der Waals surface area contributed by atoms with Crippen molar-refractivity contribution >= 4 is 6.29 Å². The number of nitrogens with one attached hydrogen (secondary N) is 1. The van der Waals surface area contributed by atoms with Gasteiger partial charge >= 0.3 is 0 Å². The predicted octanol–water partition coefficient (Wildman–Crippen LogP) is -0.453. The van der Waals surface area contributed by atoms with Gasteiger partial charge in [-0.05, 0) is 18.4 Å². The fraction of sp³-hybridized carbons (Fsp3) is 0.167. The molecule has 1 atom stereocenters. The monoisotopic (exact) mass is 125 g/mol. The van der Waals surface area contributed by atoms with Crippen molar-refractivity contribution in [3.8, 4) is 0 Å². The normalized spacial score (nSPS) is 24.6. The third-order valence-electron chi connectivity index (χ3n) is 1.09. The van der Waals surface area contributed by atoms with Gasteiger partial charge in [0.25, 0.3) is 0 Å². The highest BCUT2D eigenvalue weighted by molar-refractivity contribution is 5.75. The Morgan fingerprint density at radius 1 is 1.78 bits per heavy atom. The molecule has 1 unspecified atom stereocenters. The topological polar surface area (TPSA) is 49.3 Å². The summed E-state index contributed by atoms with van der Waals surface area (Å²) in [6, 6.07) is 0. The Balaban J connectivity index is 2.74. The van der Waals surface area contributed by atoms with Crippen LogP contribution in [-0.4, -0.2) is 17.6 Å². The number of rotatable bonds is 1. The second kappa shape index (κ2) is 2.46. The molecule has 0 aromatic heterocycles. The number of carbonyl (C=O) groups is 1. The van der Waals surface area contributed by atoms with Gasteiger partial charge in [0, 0.05) is 5.57 Å². The number of allylic oxidation sites excluding steroid dienone is 2. The smallest absolute Gasteiger partial charge is 0.153 e. The minimum atomic E-state index is -0.826. The Morgan fingerprint density at radius 3 is 3.00 bits per heavy atom. The van der Waals surface area contributed by atoms with Crippen LogP contribution in [0.5, 0.6) is 0 Å². The molecule has 0 aromatic carbocycles. The number of aliphatic hydroxyl groups is 1. The first-order chi connectivity index (χ1) is 4.34. The Hall–Kier alpha value is -1.09. The van der Waals surface area contributed by atoms with Gasteiger partial charge in [-0.25, -0.2) is 0 Å². The number of hydrogen-bond acceptors (Lipinski definition) is 3. The van der Waals surface area contributed by atoms with E-state index in [2.05, 4.69) is 5.32 Å². The first-order valence-corrected chi connectivity index (χ1v) is 2.60. The van der Waals surface area contributed by atoms with Crippen molar-refractivity contribution in [3.63, 3.8) is 0 Å². The molecule has 0 aromatic rings. The summed E-state index contributed by atoms with van der Waals surface area (Å²) in [6.07, 6.45) is 4.61. The van der Waals surface area contributed by atoms with E-state index in [-0.39, 0.29) is 0 Å². The lowest BCUT2D eigenvalue weighted by Gasteiger charge is -2.12. The van der Waals surface area contributed by atoms with Gasteiger partial charge < -0.3 is 10.4 Å². The first kappa shape index (κ1) is 6.04. The van der Waals surface area contributed by atoms with E-state index in [9.17, 15) is 4.79 Å². The highest BCUT2D eigenvalue weighted by Crippen LogP contribution is 1.99. The predicted molar refractivity (Wildman–Crippen MR) is 32.4 cm³/mol. The van der Waals surface area contributed by atoms with Gasteiger partial charge in [-0.2, -0.15) is 0 Å². The van der Waals surface area contributed by atoms with Gasteiger partial charge in [-0.1, -0.05) is 0 Å². The van der Waals surface area contributed by atoms with Crippen LogP contribution < -0.4 is 5.32 Å². The molecule has 9 heavy (non-hydrogen) atoms. The van der Waals surface area contributed by atoms with E-state index >= 15 is 0 Å². The molecule has 2 N–H and O–H groups in total. The molecule has 1 aliphatic rings. The maximum Gasteiger partial charge on any atom is 0.153 e. The van der Waals surface area contributed by atoms with Crippen molar-refractivity contribution in [2.24, 2.45) is 0 Å². The third-order valence-corrected chi connectivity index (χ3v) is 1.09. The Kier molecular flexibility index (Phi) is 1.65. The molecular weight excluding hydrogens is 118 g/mol. The van der Waals surface area contributed by atoms with Gasteiger partial charge in [0.15, 0.2) is 12.5 Å². The van der Waals surface area contributed by atoms with E-state index in [0.717, 1.165) is 0 Å². The average molecular weight is 125 g/mol. The SMILES string of the molecule is O=CC1=CC=CNC1O. The maximum absolute atomic E-state index is 10.1. The van der Waals surface area contributed by atoms with Crippen LogP contribution in [0.3, 0.4) is 0 Å². The molecular formula is C6H7NO2. The molecule has 0 amide bonds. The second-order valence-electron chi connectivity index (χ2n) is 1.71. The van der Waals surface area contributed by atoms with Crippen LogP contribution in [0, 0.1) is 0 Å². The molecule has 0 radical (unpaired) electrons. The molecule has 3 heteroatoms. The van der Waals surface area contributed by atoms with Crippen molar-refractivity contribution in [2.75, 3.05) is 0 Å². The fourth-order valence-electron chi connectivity index (χ4n) is 0.597. The van der Waals surface area contributed by atoms with E-state index in [1.807, 2.05) is 0 Å².